The van der Waals surface area contributed by atoms with Crippen molar-refractivity contribution in [3.05, 3.63) is 118 Å². The van der Waals surface area contributed by atoms with E-state index in [0.29, 0.717) is 22.9 Å². The van der Waals surface area contributed by atoms with Crippen molar-refractivity contribution in [2.75, 3.05) is 14.2 Å². The third-order valence-corrected chi connectivity index (χ3v) is 8.07. The van der Waals surface area contributed by atoms with Crippen LogP contribution >= 0.6 is 23.2 Å². The molecule has 222 valence electrons. The molecular weight excluding hydrogens is 599 g/mol. The number of fused-ring (bicyclic) bond motifs is 2. The second-order valence-electron chi connectivity index (χ2n) is 10.4. The Hall–Kier alpha value is -4.66. The van der Waals surface area contributed by atoms with Crippen LogP contribution < -0.4 is 0 Å². The molecule has 0 bridgehead atoms. The zero-order valence-electron chi connectivity index (χ0n) is 24.1. The van der Waals surface area contributed by atoms with Gasteiger partial charge in [0.25, 0.3) is 0 Å². The summed E-state index contributed by atoms with van der Waals surface area (Å²) in [6.45, 7) is 0.102. The van der Waals surface area contributed by atoms with E-state index in [1.807, 2.05) is 94.1 Å². The molecule has 4 aromatic carbocycles. The third kappa shape index (κ3) is 6.18. The molecule has 0 aliphatic carbocycles. The van der Waals surface area contributed by atoms with Gasteiger partial charge in [0, 0.05) is 22.9 Å². The van der Waals surface area contributed by atoms with Gasteiger partial charge in [-0.05, 0) is 70.8 Å². The first-order valence-electron chi connectivity index (χ1n) is 13.9. The Labute approximate surface area is 263 Å². The first-order valence-corrected chi connectivity index (χ1v) is 14.7. The van der Waals surface area contributed by atoms with Gasteiger partial charge in [-0.25, -0.2) is 9.97 Å². The van der Waals surface area contributed by atoms with E-state index in [0.717, 1.165) is 56.0 Å². The minimum Gasteiger partial charge on any atom is -0.468 e. The number of benzene rings is 4. The van der Waals surface area contributed by atoms with Crippen LogP contribution in [-0.2, 0) is 45.0 Å². The first kappa shape index (κ1) is 29.4. The summed E-state index contributed by atoms with van der Waals surface area (Å²) in [6, 6.07) is 27.1. The Morgan fingerprint density at radius 3 is 1.36 bits per heavy atom. The van der Waals surface area contributed by atoms with E-state index in [2.05, 4.69) is 0 Å². The number of esters is 2. The highest BCUT2D eigenvalue weighted by Crippen LogP contribution is 2.30. The number of rotatable bonds is 9. The summed E-state index contributed by atoms with van der Waals surface area (Å²) < 4.78 is 13.7. The summed E-state index contributed by atoms with van der Waals surface area (Å²) >= 11 is 12.2. The van der Waals surface area contributed by atoms with E-state index >= 15 is 0 Å². The summed E-state index contributed by atoms with van der Waals surface area (Å²) in [4.78, 5) is 34.4. The summed E-state index contributed by atoms with van der Waals surface area (Å²) in [6.07, 6.45) is 1.05. The van der Waals surface area contributed by atoms with Crippen molar-refractivity contribution in [2.24, 2.45) is 0 Å². The molecule has 0 aliphatic rings. The predicted octanol–water partition coefficient (Wildman–Crippen LogP) is 6.89. The van der Waals surface area contributed by atoms with Crippen LogP contribution in [0.25, 0.3) is 33.2 Å². The number of halogens is 2. The Bertz CT molecular complexity index is 1850. The molecular formula is C34H28Cl2N4O4. The Kier molecular flexibility index (Phi) is 8.37. The molecule has 0 atom stereocenters. The van der Waals surface area contributed by atoms with E-state index in [9.17, 15) is 9.59 Å². The fraction of sp³-hybridized carbons (Fsp3) is 0.176. The van der Waals surface area contributed by atoms with Crippen LogP contribution in [0.3, 0.4) is 0 Å². The largest absolute Gasteiger partial charge is 0.468 e. The highest BCUT2D eigenvalue weighted by Gasteiger charge is 2.18. The summed E-state index contributed by atoms with van der Waals surface area (Å²) in [5.74, 6) is 0.781. The lowest BCUT2D eigenvalue weighted by Crippen LogP contribution is -2.14. The monoisotopic (exact) mass is 626 g/mol. The lowest BCUT2D eigenvalue weighted by Gasteiger charge is -2.09. The van der Waals surface area contributed by atoms with Crippen LogP contribution in [0.4, 0.5) is 0 Å². The topological polar surface area (TPSA) is 88.2 Å². The number of carbonyl (C=O) groups is 2. The zero-order chi connectivity index (χ0) is 30.8. The van der Waals surface area contributed by atoms with Crippen LogP contribution in [0, 0.1) is 0 Å². The number of nitrogens with zero attached hydrogens (tertiary/aromatic N) is 4. The third-order valence-electron chi connectivity index (χ3n) is 7.57. The fourth-order valence-electron chi connectivity index (χ4n) is 5.30. The number of hydrogen-bond donors (Lipinski definition) is 0. The standard InChI is InChI=1S/C34H28Cl2N4O4/c1-43-33(41)19-39-29-13-7-23(17-27(29)37-31(39)15-21-3-9-25(35)10-4-21)24-8-14-30-28(18-24)38-32(40(30)20-34(42)44-2)16-22-5-11-26(36)12-6-22/h3-14,17-18H,15-16,19-20H2,1-2H3. The van der Waals surface area contributed by atoms with Crippen molar-refractivity contribution in [2.45, 2.75) is 25.9 Å². The van der Waals surface area contributed by atoms with Gasteiger partial charge in [0.1, 0.15) is 24.7 Å². The van der Waals surface area contributed by atoms with Gasteiger partial charge in [0.2, 0.25) is 0 Å². The number of ether oxygens (including phenoxy) is 2. The van der Waals surface area contributed by atoms with Crippen LogP contribution in [0.5, 0.6) is 0 Å². The highest BCUT2D eigenvalue weighted by atomic mass is 35.5. The number of aromatic nitrogens is 4. The van der Waals surface area contributed by atoms with Crippen LogP contribution in [0.2, 0.25) is 10.0 Å². The molecule has 8 nitrogen and oxygen atoms in total. The van der Waals surface area contributed by atoms with E-state index in [4.69, 9.17) is 42.6 Å². The van der Waals surface area contributed by atoms with Gasteiger partial charge >= 0.3 is 11.9 Å². The molecule has 6 aromatic rings. The minimum absolute atomic E-state index is 0.0508. The Morgan fingerprint density at radius 2 is 1.00 bits per heavy atom. The van der Waals surface area contributed by atoms with E-state index in [1.54, 1.807) is 0 Å². The van der Waals surface area contributed by atoms with Crippen LogP contribution in [0.15, 0.2) is 84.9 Å². The van der Waals surface area contributed by atoms with E-state index < -0.39 is 0 Å². The molecule has 0 N–H and O–H groups in total. The number of imidazole rings is 2. The van der Waals surface area contributed by atoms with Gasteiger partial charge in [0.05, 0.1) is 36.3 Å². The van der Waals surface area contributed by atoms with Crippen LogP contribution in [-0.4, -0.2) is 45.3 Å². The summed E-state index contributed by atoms with van der Waals surface area (Å²) in [5, 5.41) is 1.32. The molecule has 0 radical (unpaired) electrons. The van der Waals surface area contributed by atoms with E-state index in [1.165, 1.54) is 14.2 Å². The lowest BCUT2D eigenvalue weighted by molar-refractivity contribution is -0.142. The molecule has 44 heavy (non-hydrogen) atoms. The minimum atomic E-state index is -0.354. The maximum Gasteiger partial charge on any atom is 0.325 e. The smallest absolute Gasteiger partial charge is 0.325 e. The molecule has 2 heterocycles. The highest BCUT2D eigenvalue weighted by molar-refractivity contribution is 6.30. The molecule has 0 amide bonds. The quantitative estimate of drug-likeness (QED) is 0.162. The molecule has 2 aromatic heterocycles. The molecule has 0 saturated heterocycles. The molecule has 0 saturated carbocycles. The average molecular weight is 628 g/mol. The second kappa shape index (κ2) is 12.5. The van der Waals surface area contributed by atoms with Crippen molar-refractivity contribution in [3.8, 4) is 11.1 Å². The maximum absolute atomic E-state index is 12.3. The molecule has 10 heteroatoms. The van der Waals surface area contributed by atoms with Gasteiger partial charge in [-0.3, -0.25) is 9.59 Å². The second-order valence-corrected chi connectivity index (χ2v) is 11.3. The van der Waals surface area contributed by atoms with Crippen molar-refractivity contribution in [3.63, 3.8) is 0 Å². The van der Waals surface area contributed by atoms with E-state index in [-0.39, 0.29) is 25.0 Å². The Morgan fingerprint density at radius 1 is 0.614 bits per heavy atom. The summed E-state index contributed by atoms with van der Waals surface area (Å²) in [7, 11) is 2.75. The zero-order valence-corrected chi connectivity index (χ0v) is 25.6. The normalized spacial score (nSPS) is 11.3. The maximum atomic E-state index is 12.3. The van der Waals surface area contributed by atoms with Gasteiger partial charge in [-0.15, -0.1) is 0 Å². The van der Waals surface area contributed by atoms with Gasteiger partial charge < -0.3 is 18.6 Å². The van der Waals surface area contributed by atoms with Crippen molar-refractivity contribution < 1.29 is 19.1 Å². The SMILES string of the molecule is COC(=O)Cn1c(Cc2ccc(Cl)cc2)nc2cc(-c3ccc4c(c3)nc(Cc3ccc(Cl)cc3)n4CC(=O)OC)ccc21. The average Bonchev–Trinajstić information content (AvgIpc) is 3.54. The van der Waals surface area contributed by atoms with Crippen molar-refractivity contribution in [1.82, 2.24) is 19.1 Å². The van der Waals surface area contributed by atoms with Crippen LogP contribution in [0.1, 0.15) is 22.8 Å². The Balaban J connectivity index is 1.38. The van der Waals surface area contributed by atoms with Gasteiger partial charge in [0.15, 0.2) is 0 Å². The summed E-state index contributed by atoms with van der Waals surface area (Å²) in [5.41, 5.74) is 7.12. The molecule has 0 unspecified atom stereocenters. The number of carbonyl (C=O) groups excluding carboxylic acids is 2. The fourth-order valence-corrected chi connectivity index (χ4v) is 5.55. The number of hydrogen-bond acceptors (Lipinski definition) is 6. The lowest BCUT2D eigenvalue weighted by atomic mass is 10.0. The first-order chi connectivity index (χ1) is 21.3. The predicted molar refractivity (Wildman–Crippen MR) is 171 cm³/mol. The molecule has 0 fully saturated rings. The molecule has 0 aliphatic heterocycles. The van der Waals surface area contributed by atoms with Gasteiger partial charge in [-0.1, -0.05) is 59.6 Å². The van der Waals surface area contributed by atoms with Gasteiger partial charge in [-0.2, -0.15) is 0 Å². The number of methoxy groups -OCH3 is 2. The molecule has 6 rings (SSSR count). The molecule has 0 spiro atoms. The van der Waals surface area contributed by atoms with Crippen molar-refractivity contribution in [1.29, 1.82) is 0 Å². The van der Waals surface area contributed by atoms with Crippen molar-refractivity contribution >= 4 is 57.2 Å².